The van der Waals surface area contributed by atoms with Crippen LogP contribution in [0.4, 0.5) is 10.5 Å². The number of halogens is 2. The maximum absolute atomic E-state index is 12.5. The van der Waals surface area contributed by atoms with Crippen LogP contribution >= 0.6 is 23.2 Å². The average molecular weight is 388 g/mol. The Morgan fingerprint density at radius 3 is 2.32 bits per heavy atom. The van der Waals surface area contributed by atoms with Crippen molar-refractivity contribution in [3.8, 4) is 0 Å². The van der Waals surface area contributed by atoms with Gasteiger partial charge in [-0.15, -0.1) is 0 Å². The standard InChI is InChI=1S/C17H24Cl2N4O2/c1-3-11(2)15(20)16(24)22-6-8-23(9-7-22)17(25)21-12-4-5-13(18)14(19)10-12/h4-5,10-11,15H,3,6-9,20H2,1-2H3,(H,21,25)/p+1/t11-,15+/m1/s1. The minimum atomic E-state index is -0.235. The molecule has 0 radical (unpaired) electrons. The first-order valence-electron chi connectivity index (χ1n) is 8.46. The number of benzene rings is 1. The van der Waals surface area contributed by atoms with Crippen LogP contribution in [0, 0.1) is 5.92 Å². The lowest BCUT2D eigenvalue weighted by Crippen LogP contribution is -2.71. The molecule has 1 aliphatic heterocycles. The van der Waals surface area contributed by atoms with Gasteiger partial charge in [0.2, 0.25) is 0 Å². The van der Waals surface area contributed by atoms with Crippen molar-refractivity contribution in [3.05, 3.63) is 28.2 Å². The molecule has 2 rings (SSSR count). The Morgan fingerprint density at radius 2 is 1.76 bits per heavy atom. The summed E-state index contributed by atoms with van der Waals surface area (Å²) in [5, 5.41) is 3.63. The molecule has 1 aromatic rings. The van der Waals surface area contributed by atoms with Crippen molar-refractivity contribution in [2.45, 2.75) is 26.3 Å². The van der Waals surface area contributed by atoms with Crippen LogP contribution in [0.5, 0.6) is 0 Å². The summed E-state index contributed by atoms with van der Waals surface area (Å²) in [7, 11) is 0. The van der Waals surface area contributed by atoms with Gasteiger partial charge < -0.3 is 20.9 Å². The number of carbonyl (C=O) groups excluding carboxylic acids is 2. The highest BCUT2D eigenvalue weighted by atomic mass is 35.5. The molecule has 1 aromatic carbocycles. The van der Waals surface area contributed by atoms with E-state index in [1.807, 2.05) is 6.92 Å². The summed E-state index contributed by atoms with van der Waals surface area (Å²) < 4.78 is 0. The van der Waals surface area contributed by atoms with E-state index in [9.17, 15) is 9.59 Å². The maximum Gasteiger partial charge on any atom is 0.321 e. The van der Waals surface area contributed by atoms with Crippen molar-refractivity contribution in [3.63, 3.8) is 0 Å². The first-order chi connectivity index (χ1) is 11.8. The number of piperazine rings is 1. The van der Waals surface area contributed by atoms with E-state index in [1.165, 1.54) is 0 Å². The van der Waals surface area contributed by atoms with Crippen LogP contribution in [0.1, 0.15) is 20.3 Å². The largest absolute Gasteiger partial charge is 0.347 e. The van der Waals surface area contributed by atoms with E-state index in [0.29, 0.717) is 41.9 Å². The van der Waals surface area contributed by atoms with E-state index in [1.54, 1.807) is 28.0 Å². The summed E-state index contributed by atoms with van der Waals surface area (Å²) in [5.41, 5.74) is 4.59. The highest BCUT2D eigenvalue weighted by Gasteiger charge is 2.31. The summed E-state index contributed by atoms with van der Waals surface area (Å²) in [6.45, 7) is 6.13. The van der Waals surface area contributed by atoms with E-state index in [4.69, 9.17) is 23.2 Å². The zero-order valence-electron chi connectivity index (χ0n) is 14.6. The van der Waals surface area contributed by atoms with Crippen LogP contribution in [-0.2, 0) is 4.79 Å². The van der Waals surface area contributed by atoms with Gasteiger partial charge in [-0.2, -0.15) is 0 Å². The molecule has 0 bridgehead atoms. The summed E-state index contributed by atoms with van der Waals surface area (Å²) >= 11 is 11.8. The molecule has 1 fully saturated rings. The Bertz CT molecular complexity index is 633. The summed E-state index contributed by atoms with van der Waals surface area (Å²) in [4.78, 5) is 28.3. The first kappa shape index (κ1) is 19.8. The number of nitrogens with zero attached hydrogens (tertiary/aromatic N) is 2. The van der Waals surface area contributed by atoms with E-state index in [2.05, 4.69) is 18.0 Å². The van der Waals surface area contributed by atoms with Crippen LogP contribution < -0.4 is 11.1 Å². The van der Waals surface area contributed by atoms with Crippen molar-refractivity contribution in [2.24, 2.45) is 5.92 Å². The van der Waals surface area contributed by atoms with Gasteiger partial charge in [-0.25, -0.2) is 4.79 Å². The maximum atomic E-state index is 12.5. The summed E-state index contributed by atoms with van der Waals surface area (Å²) in [5.74, 6) is 0.322. The van der Waals surface area contributed by atoms with Crippen LogP contribution in [0.3, 0.4) is 0 Å². The molecule has 0 spiro atoms. The molecular weight excluding hydrogens is 363 g/mol. The number of hydrogen-bond donors (Lipinski definition) is 2. The highest BCUT2D eigenvalue weighted by molar-refractivity contribution is 6.42. The van der Waals surface area contributed by atoms with Gasteiger partial charge in [-0.1, -0.05) is 37.0 Å². The normalized spacial score (nSPS) is 17.2. The number of quaternary nitrogens is 1. The van der Waals surface area contributed by atoms with E-state index >= 15 is 0 Å². The number of hydrogen-bond acceptors (Lipinski definition) is 2. The van der Waals surface area contributed by atoms with Crippen LogP contribution in [0.25, 0.3) is 0 Å². The van der Waals surface area contributed by atoms with E-state index in [-0.39, 0.29) is 23.9 Å². The topological polar surface area (TPSA) is 80.3 Å². The second-order valence-electron chi connectivity index (χ2n) is 6.36. The second kappa shape index (κ2) is 8.74. The summed E-state index contributed by atoms with van der Waals surface area (Å²) in [6.07, 6.45) is 0.923. The number of amides is 3. The number of rotatable bonds is 4. The molecule has 8 heteroatoms. The Morgan fingerprint density at radius 1 is 1.16 bits per heavy atom. The van der Waals surface area contributed by atoms with Crippen LogP contribution in [0.15, 0.2) is 18.2 Å². The minimum Gasteiger partial charge on any atom is -0.347 e. The number of carbonyl (C=O) groups is 2. The predicted octanol–water partition coefficient (Wildman–Crippen LogP) is 2.33. The van der Waals surface area contributed by atoms with Crippen molar-refractivity contribution >= 4 is 40.8 Å². The third-order valence-corrected chi connectivity index (χ3v) is 5.44. The smallest absolute Gasteiger partial charge is 0.321 e. The lowest BCUT2D eigenvalue weighted by Gasteiger charge is -2.35. The van der Waals surface area contributed by atoms with Gasteiger partial charge >= 0.3 is 6.03 Å². The monoisotopic (exact) mass is 387 g/mol. The molecule has 0 aliphatic carbocycles. The van der Waals surface area contributed by atoms with Gasteiger partial charge in [0.15, 0.2) is 6.04 Å². The molecule has 1 saturated heterocycles. The third-order valence-electron chi connectivity index (χ3n) is 4.70. The number of nitrogens with one attached hydrogen (secondary N) is 1. The fourth-order valence-corrected chi connectivity index (χ4v) is 2.97. The fourth-order valence-electron chi connectivity index (χ4n) is 2.67. The lowest BCUT2D eigenvalue weighted by molar-refractivity contribution is -0.417. The van der Waals surface area contributed by atoms with E-state index < -0.39 is 0 Å². The zero-order chi connectivity index (χ0) is 18.6. The SMILES string of the molecule is CC[C@@H](C)[C@H]([NH3+])C(=O)N1CCN(C(=O)Nc2ccc(Cl)c(Cl)c2)CC1. The van der Waals surface area contributed by atoms with Gasteiger partial charge in [-0.3, -0.25) is 4.79 Å². The third kappa shape index (κ3) is 5.00. The second-order valence-corrected chi connectivity index (χ2v) is 7.18. The van der Waals surface area contributed by atoms with Crippen LogP contribution in [0.2, 0.25) is 10.0 Å². The number of urea groups is 1. The molecule has 138 valence electrons. The van der Waals surface area contributed by atoms with Crippen molar-refractivity contribution in [2.75, 3.05) is 31.5 Å². The fraction of sp³-hybridized carbons (Fsp3) is 0.529. The Hall–Kier alpha value is -1.50. The predicted molar refractivity (Wildman–Crippen MR) is 99.8 cm³/mol. The molecule has 6 nitrogen and oxygen atoms in total. The minimum absolute atomic E-state index is 0.0684. The molecule has 0 aromatic heterocycles. The van der Waals surface area contributed by atoms with Gasteiger partial charge in [0.25, 0.3) is 5.91 Å². The molecule has 25 heavy (non-hydrogen) atoms. The zero-order valence-corrected chi connectivity index (χ0v) is 16.1. The molecule has 0 unspecified atom stereocenters. The van der Waals surface area contributed by atoms with Crippen LogP contribution in [-0.4, -0.2) is 54.0 Å². The molecule has 0 saturated carbocycles. The van der Waals surface area contributed by atoms with Crippen molar-refractivity contribution < 1.29 is 15.3 Å². The van der Waals surface area contributed by atoms with Crippen molar-refractivity contribution in [1.29, 1.82) is 0 Å². The molecule has 4 N–H and O–H groups in total. The average Bonchev–Trinajstić information content (AvgIpc) is 2.63. The highest BCUT2D eigenvalue weighted by Crippen LogP contribution is 2.25. The Balaban J connectivity index is 1.87. The van der Waals surface area contributed by atoms with Gasteiger partial charge in [0.05, 0.1) is 10.0 Å². The number of anilines is 1. The molecule has 3 amide bonds. The lowest BCUT2D eigenvalue weighted by atomic mass is 9.98. The molecule has 1 heterocycles. The molecular formula is C17H25Cl2N4O2+. The van der Waals surface area contributed by atoms with E-state index in [0.717, 1.165) is 6.42 Å². The van der Waals surface area contributed by atoms with Crippen molar-refractivity contribution in [1.82, 2.24) is 9.80 Å². The first-order valence-corrected chi connectivity index (χ1v) is 9.22. The Kier molecular flexibility index (Phi) is 6.93. The quantitative estimate of drug-likeness (QED) is 0.830. The van der Waals surface area contributed by atoms with Gasteiger partial charge in [0, 0.05) is 37.8 Å². The molecule has 2 atom stereocenters. The summed E-state index contributed by atoms with van der Waals surface area (Å²) in [6, 6.07) is 4.51. The Labute approximate surface area is 158 Å². The molecule has 1 aliphatic rings. The van der Waals surface area contributed by atoms with Gasteiger partial charge in [-0.05, 0) is 24.6 Å². The van der Waals surface area contributed by atoms with Gasteiger partial charge in [0.1, 0.15) is 0 Å².